The van der Waals surface area contributed by atoms with E-state index in [1.807, 2.05) is 41.6 Å². The van der Waals surface area contributed by atoms with Gasteiger partial charge in [0.1, 0.15) is 41.7 Å². The Morgan fingerprint density at radius 1 is 0.802 bits per heavy atom. The van der Waals surface area contributed by atoms with E-state index in [4.69, 9.17) is 63.7 Å². The lowest BCUT2D eigenvalue weighted by atomic mass is 9.83. The maximum absolute atomic E-state index is 13.6. The number of oxime groups is 1. The summed E-state index contributed by atoms with van der Waals surface area (Å²) < 4.78 is 52.2. The quantitative estimate of drug-likeness (QED) is 0.00787. The van der Waals surface area contributed by atoms with Gasteiger partial charge in [-0.3, -0.25) is 24.1 Å². The van der Waals surface area contributed by atoms with Gasteiger partial charge in [0.25, 0.3) is 18.4 Å². The van der Waals surface area contributed by atoms with Gasteiger partial charge in [0, 0.05) is 63.8 Å². The van der Waals surface area contributed by atoms with Gasteiger partial charge in [0.05, 0.1) is 110 Å². The highest BCUT2D eigenvalue weighted by atomic mass is 16.6. The average Bonchev–Trinajstić information content (AvgIpc) is 1.62. The Morgan fingerprint density at radius 2 is 1.49 bits per heavy atom. The minimum atomic E-state index is -1.01. The number of ether oxygens (including phenoxy) is 8. The van der Waals surface area contributed by atoms with E-state index in [1.165, 1.54) is 19.0 Å². The summed E-state index contributed by atoms with van der Waals surface area (Å²) >= 11 is 0. The second-order valence-corrected chi connectivity index (χ2v) is 27.3. The Bertz CT molecular complexity index is 3400. The third-order valence-corrected chi connectivity index (χ3v) is 18.9. The number of nitrogens with zero attached hydrogens (tertiary/aromatic N) is 8. The molecule has 3 aliphatic rings. The normalized spacial score (nSPS) is 18.0. The number of carbonyl (C=O) groups is 4. The van der Waals surface area contributed by atoms with Crippen LogP contribution in [-0.2, 0) is 81.4 Å². The first-order chi connectivity index (χ1) is 48.9. The number of piperidine rings is 1. The molecule has 0 radical (unpaired) electrons. The van der Waals surface area contributed by atoms with Gasteiger partial charge in [-0.05, 0) is 142 Å². The van der Waals surface area contributed by atoms with Crippen LogP contribution in [0.2, 0.25) is 0 Å². The number of aliphatic hydroxyl groups is 2. The number of aromatic nitrogens is 5. The fourth-order valence-electron chi connectivity index (χ4n) is 13.4. The standard InChI is InChI=1S/C73H110N12O16/c1-49(2)39-51(4)67(70(92-6)69(91)52(5)40-50(3)7-16-60(99-48-86)17-11-53-9-14-59(87)15-10-53)82-100-46-64(89)76-23-28-94-30-32-96-34-36-98-38-37-97-35-33-95-31-29-93-27-22-63(88)79-58-20-24-83(25-21-58)45-65(90)84-26-19-55-41-54(8-12-57(55)44-84)43-85-72-66(71(74)77-47-78-72)68(81-85)56-13-18-62-61(42-56)80-73(75)101-62/h8,12-13,18,40-42,47-51,53,58-60,69-70,87,91H,7,9-11,14-17,19-39,43-46H2,1-6H3,(H2,75,80)(H,76,89)(H,79,88)(H2,74,77,78)/b52-40+,82-67+/t50-,51+,53-,59-,60-,69+,70-/m0/s1. The number of amides is 3. The van der Waals surface area contributed by atoms with Crippen molar-refractivity contribution in [1.82, 2.24) is 45.2 Å². The van der Waals surface area contributed by atoms with E-state index in [1.54, 1.807) is 6.07 Å². The zero-order valence-corrected chi connectivity index (χ0v) is 60.1. The number of nitrogens with two attached hydrogens (primary N) is 2. The summed E-state index contributed by atoms with van der Waals surface area (Å²) in [6.45, 7) is 18.5. The third kappa shape index (κ3) is 26.2. The molecule has 5 aromatic rings. The highest BCUT2D eigenvalue weighted by Crippen LogP contribution is 2.34. The highest BCUT2D eigenvalue weighted by Gasteiger charge is 2.32. The zero-order valence-electron chi connectivity index (χ0n) is 60.1. The summed E-state index contributed by atoms with van der Waals surface area (Å²) in [5.74, 6) is 0.885. The molecule has 3 aromatic heterocycles. The molecule has 558 valence electrons. The maximum Gasteiger partial charge on any atom is 0.293 e. The molecule has 5 atom stereocenters. The number of hydrogen-bond donors (Lipinski definition) is 6. The van der Waals surface area contributed by atoms with Crippen LogP contribution >= 0.6 is 0 Å². The largest absolute Gasteiger partial charge is 0.465 e. The molecule has 2 aliphatic heterocycles. The summed E-state index contributed by atoms with van der Waals surface area (Å²) in [4.78, 5) is 73.0. The van der Waals surface area contributed by atoms with Crippen molar-refractivity contribution in [1.29, 1.82) is 0 Å². The van der Waals surface area contributed by atoms with Crippen molar-refractivity contribution in [2.45, 2.75) is 162 Å². The van der Waals surface area contributed by atoms with Crippen molar-refractivity contribution in [2.24, 2.45) is 28.8 Å². The Labute approximate surface area is 593 Å². The van der Waals surface area contributed by atoms with E-state index in [-0.39, 0.29) is 80.0 Å². The van der Waals surface area contributed by atoms with Crippen LogP contribution in [0.1, 0.15) is 128 Å². The second-order valence-electron chi connectivity index (χ2n) is 27.3. The SMILES string of the molecule is CO[C@@H](/C(=N/OCC(=O)NCCOCCOCCOCCOCCOCCOCCC(=O)NC1CCN(CC(=O)N2CCc3cc(Cn4nc(-c5ccc6oc(N)nc6c5)c5c(N)ncnc54)ccc3C2)CC1)[C@H](C)CC(C)C)[C@H](O)/C(C)=C/[C@@H](C)CC[C@@H](CC[C@H]1CC[C@H](O)CC1)OC=O. The Morgan fingerprint density at radius 3 is 2.16 bits per heavy atom. The van der Waals surface area contributed by atoms with Crippen LogP contribution in [0.3, 0.4) is 0 Å². The molecule has 0 spiro atoms. The first-order valence-corrected chi connectivity index (χ1v) is 36.1. The van der Waals surface area contributed by atoms with Gasteiger partial charge in [0.2, 0.25) is 11.8 Å². The Hall–Kier alpha value is -7.25. The van der Waals surface area contributed by atoms with Gasteiger partial charge < -0.3 is 84.4 Å². The predicted molar refractivity (Wildman–Crippen MR) is 381 cm³/mol. The summed E-state index contributed by atoms with van der Waals surface area (Å²) in [7, 11) is 1.53. The molecule has 0 bridgehead atoms. The first kappa shape index (κ1) is 79.5. The first-order valence-electron chi connectivity index (χ1n) is 36.1. The number of nitrogens with one attached hydrogen (secondary N) is 2. The number of methoxy groups -OCH3 is 1. The number of likely N-dealkylation sites (tertiary alicyclic amines) is 1. The van der Waals surface area contributed by atoms with Crippen LogP contribution in [0, 0.1) is 23.7 Å². The summed E-state index contributed by atoms with van der Waals surface area (Å²) in [6.07, 6.45) is 11.5. The Balaban J connectivity index is 0.582. The number of fused-ring (bicyclic) bond motifs is 3. The third-order valence-electron chi connectivity index (χ3n) is 18.9. The van der Waals surface area contributed by atoms with Crippen LogP contribution < -0.4 is 22.1 Å². The summed E-state index contributed by atoms with van der Waals surface area (Å²) in [6, 6.07) is 12.1. The molecule has 1 saturated heterocycles. The monoisotopic (exact) mass is 1410 g/mol. The molecular weight excluding hydrogens is 1300 g/mol. The van der Waals surface area contributed by atoms with Crippen LogP contribution in [0.25, 0.3) is 33.4 Å². The van der Waals surface area contributed by atoms with Gasteiger partial charge in [-0.15, -0.1) is 0 Å². The van der Waals surface area contributed by atoms with E-state index < -0.39 is 12.2 Å². The fraction of sp³-hybridized carbons (Fsp3) is 0.658. The number of benzene rings is 2. The number of aliphatic hydroxyl groups excluding tert-OH is 2. The number of rotatable bonds is 46. The van der Waals surface area contributed by atoms with Crippen LogP contribution in [-0.4, -0.2) is 231 Å². The van der Waals surface area contributed by atoms with E-state index in [0.717, 1.165) is 106 Å². The van der Waals surface area contributed by atoms with E-state index in [9.17, 15) is 29.4 Å². The van der Waals surface area contributed by atoms with Crippen molar-refractivity contribution in [3.63, 3.8) is 0 Å². The lowest BCUT2D eigenvalue weighted by Crippen LogP contribution is -2.48. The smallest absolute Gasteiger partial charge is 0.293 e. The predicted octanol–water partition coefficient (Wildman–Crippen LogP) is 6.58. The lowest BCUT2D eigenvalue weighted by Gasteiger charge is -2.35. The molecule has 28 heteroatoms. The van der Waals surface area contributed by atoms with E-state index >= 15 is 0 Å². The number of nitrogen functional groups attached to an aromatic ring is 2. The fourth-order valence-corrected chi connectivity index (χ4v) is 13.4. The van der Waals surface area contributed by atoms with Gasteiger partial charge in [-0.1, -0.05) is 57.1 Å². The number of carbonyl (C=O) groups excluding carboxylic acids is 4. The molecule has 8 N–H and O–H groups in total. The zero-order chi connectivity index (χ0) is 71.9. The molecule has 101 heavy (non-hydrogen) atoms. The number of allylic oxidation sites excluding steroid dienone is 1. The van der Waals surface area contributed by atoms with Crippen molar-refractivity contribution < 1.29 is 76.5 Å². The number of anilines is 2. The molecule has 3 amide bonds. The topological polar surface area (TPSA) is 356 Å². The summed E-state index contributed by atoms with van der Waals surface area (Å²) in [5.41, 5.74) is 20.0. The van der Waals surface area contributed by atoms with Crippen LogP contribution in [0.4, 0.5) is 11.8 Å². The average molecular weight is 1410 g/mol. The number of oxazole rings is 1. The van der Waals surface area contributed by atoms with Crippen molar-refractivity contribution in [3.8, 4) is 11.3 Å². The lowest BCUT2D eigenvalue weighted by molar-refractivity contribution is -0.135. The molecule has 1 saturated carbocycles. The Kier molecular flexibility index (Phi) is 33.3. The molecule has 2 aromatic carbocycles. The molecular formula is C73H110N12O16. The minimum Gasteiger partial charge on any atom is -0.465 e. The van der Waals surface area contributed by atoms with Crippen molar-refractivity contribution in [2.75, 3.05) is 137 Å². The van der Waals surface area contributed by atoms with E-state index in [2.05, 4.69) is 74.6 Å². The van der Waals surface area contributed by atoms with Gasteiger partial charge in [-0.25, -0.2) is 14.6 Å². The molecule has 0 unspecified atom stereocenters. The number of hydrogen-bond acceptors (Lipinski definition) is 24. The van der Waals surface area contributed by atoms with Gasteiger partial charge in [-0.2, -0.15) is 10.1 Å². The van der Waals surface area contributed by atoms with E-state index in [0.29, 0.717) is 163 Å². The minimum absolute atomic E-state index is 0.0535. The highest BCUT2D eigenvalue weighted by molar-refractivity contribution is 5.99. The second kappa shape index (κ2) is 42.4. The van der Waals surface area contributed by atoms with Gasteiger partial charge >= 0.3 is 0 Å². The molecule has 5 heterocycles. The van der Waals surface area contributed by atoms with Crippen molar-refractivity contribution in [3.05, 3.63) is 71.1 Å². The van der Waals surface area contributed by atoms with Crippen molar-refractivity contribution >= 4 is 63.9 Å². The maximum atomic E-state index is 13.6. The molecule has 2 fully saturated rings. The van der Waals surface area contributed by atoms with Gasteiger partial charge in [0.15, 0.2) is 17.8 Å². The summed E-state index contributed by atoms with van der Waals surface area (Å²) in [5, 5.41) is 37.3. The molecule has 8 rings (SSSR count). The molecule has 1 aliphatic carbocycles. The molecule has 28 nitrogen and oxygen atoms in total. The van der Waals surface area contributed by atoms with Crippen LogP contribution in [0.15, 0.2) is 63.9 Å². The van der Waals surface area contributed by atoms with Crippen LogP contribution in [0.5, 0.6) is 0 Å².